The van der Waals surface area contributed by atoms with Gasteiger partial charge in [0.25, 0.3) is 0 Å². The number of aromatic hydroxyl groups is 1. The second-order valence-corrected chi connectivity index (χ2v) is 10.5. The molecule has 10 heteroatoms. The number of carbonyl (C=O) groups is 1. The summed E-state index contributed by atoms with van der Waals surface area (Å²) in [7, 11) is 0. The molecule has 10 nitrogen and oxygen atoms in total. The largest absolute Gasteiger partial charge is 0.508 e. The highest BCUT2D eigenvalue weighted by Crippen LogP contribution is 2.25. The molecule has 1 amide bonds. The maximum absolute atomic E-state index is 13.2. The van der Waals surface area contributed by atoms with Crippen molar-refractivity contribution in [3.05, 3.63) is 65.3 Å². The Morgan fingerprint density at radius 1 is 0.892 bits per heavy atom. The number of rotatable bonds is 6. The molecule has 2 atom stereocenters. The summed E-state index contributed by atoms with van der Waals surface area (Å²) in [6.45, 7) is 12.6. The van der Waals surface area contributed by atoms with E-state index in [0.29, 0.717) is 5.69 Å². The molecule has 0 saturated carbocycles. The van der Waals surface area contributed by atoms with Gasteiger partial charge in [0, 0.05) is 43.1 Å². The third-order valence-corrected chi connectivity index (χ3v) is 7.10. The molecule has 0 aliphatic carbocycles. The lowest BCUT2D eigenvalue weighted by Crippen LogP contribution is -2.53. The van der Waals surface area contributed by atoms with Crippen molar-refractivity contribution in [3.8, 4) is 11.4 Å². The second-order valence-electron chi connectivity index (χ2n) is 10.5. The van der Waals surface area contributed by atoms with Crippen molar-refractivity contribution in [1.82, 2.24) is 19.2 Å². The van der Waals surface area contributed by atoms with Crippen LogP contribution in [0.25, 0.3) is 5.69 Å². The van der Waals surface area contributed by atoms with Crippen LogP contribution in [0.3, 0.4) is 0 Å². The number of phenolic OH excluding ortho intramolecular Hbond substituents is 1. The molecule has 0 spiro atoms. The first-order valence-electron chi connectivity index (χ1n) is 12.5. The molecule has 1 saturated heterocycles. The summed E-state index contributed by atoms with van der Waals surface area (Å²) in [6, 6.07) is 14.2. The van der Waals surface area contributed by atoms with E-state index in [0.717, 1.165) is 37.6 Å². The van der Waals surface area contributed by atoms with Crippen LogP contribution in [0.1, 0.15) is 40.7 Å². The SMILES string of the molecule is C[C@H]([C@H](C)N(C(=O)O)C(C)(C)C)n1ncn(-c2ccc(N3CCN(c4ccc(O)cc4)CC3)cc2)c1=O. The molecule has 1 fully saturated rings. The second kappa shape index (κ2) is 10.2. The lowest BCUT2D eigenvalue weighted by Gasteiger charge is -2.40. The molecule has 1 aliphatic heterocycles. The first-order chi connectivity index (χ1) is 17.5. The fourth-order valence-corrected chi connectivity index (χ4v) is 4.98. The molecular weight excluding hydrogens is 472 g/mol. The molecule has 1 aliphatic rings. The van der Waals surface area contributed by atoms with E-state index in [-0.39, 0.29) is 11.4 Å². The molecule has 37 heavy (non-hydrogen) atoms. The molecule has 2 aromatic carbocycles. The normalized spacial score (nSPS) is 15.9. The number of aromatic nitrogens is 3. The predicted molar refractivity (Wildman–Crippen MR) is 144 cm³/mol. The van der Waals surface area contributed by atoms with E-state index in [9.17, 15) is 19.8 Å². The Morgan fingerprint density at radius 2 is 1.35 bits per heavy atom. The van der Waals surface area contributed by atoms with E-state index in [2.05, 4.69) is 14.9 Å². The van der Waals surface area contributed by atoms with Gasteiger partial charge in [-0.05, 0) is 83.1 Å². The predicted octanol–water partition coefficient (Wildman–Crippen LogP) is 3.79. The molecule has 198 valence electrons. The van der Waals surface area contributed by atoms with Crippen molar-refractivity contribution in [2.75, 3.05) is 36.0 Å². The number of carboxylic acid groups (broad SMARTS) is 1. The van der Waals surface area contributed by atoms with Gasteiger partial charge in [-0.3, -0.25) is 4.90 Å². The monoisotopic (exact) mass is 508 g/mol. The molecule has 2 N–H and O–H groups in total. The van der Waals surface area contributed by atoms with E-state index in [1.165, 1.54) is 20.5 Å². The standard InChI is InChI=1S/C27H36N6O4/c1-19(32(26(36)37)27(3,4)5)20(2)33-25(35)31(18-28-33)23-8-6-21(7-9-23)29-14-16-30(17-15-29)22-10-12-24(34)13-11-22/h6-13,18-20,34H,14-17H2,1-5H3,(H,36,37)/t19-,20+/m0/s1. The number of hydrogen-bond donors (Lipinski definition) is 2. The van der Waals surface area contributed by atoms with Gasteiger partial charge in [0.15, 0.2) is 0 Å². The topological polar surface area (TPSA) is 107 Å². The molecule has 3 aromatic rings. The number of nitrogens with zero attached hydrogens (tertiary/aromatic N) is 6. The van der Waals surface area contributed by atoms with Crippen LogP contribution in [0.2, 0.25) is 0 Å². The Bertz CT molecular complexity index is 1270. The van der Waals surface area contributed by atoms with Crippen LogP contribution in [0, 0.1) is 0 Å². The van der Waals surface area contributed by atoms with E-state index >= 15 is 0 Å². The van der Waals surface area contributed by atoms with E-state index < -0.39 is 23.7 Å². The highest BCUT2D eigenvalue weighted by atomic mass is 16.4. The summed E-state index contributed by atoms with van der Waals surface area (Å²) in [5.74, 6) is 0.267. The molecular formula is C27H36N6O4. The van der Waals surface area contributed by atoms with Crippen LogP contribution in [0.5, 0.6) is 5.75 Å². The smallest absolute Gasteiger partial charge is 0.408 e. The van der Waals surface area contributed by atoms with Gasteiger partial charge < -0.3 is 20.0 Å². The number of phenols is 1. The summed E-state index contributed by atoms with van der Waals surface area (Å²) in [5.41, 5.74) is 1.96. The Balaban J connectivity index is 1.45. The van der Waals surface area contributed by atoms with Gasteiger partial charge in [-0.25, -0.2) is 18.8 Å². The average molecular weight is 509 g/mol. The molecule has 4 rings (SSSR count). The van der Waals surface area contributed by atoms with Crippen molar-refractivity contribution in [3.63, 3.8) is 0 Å². The highest BCUT2D eigenvalue weighted by Gasteiger charge is 2.35. The zero-order valence-electron chi connectivity index (χ0n) is 22.1. The van der Waals surface area contributed by atoms with Crippen LogP contribution in [-0.4, -0.2) is 73.3 Å². The van der Waals surface area contributed by atoms with Gasteiger partial charge in [-0.15, -0.1) is 0 Å². The van der Waals surface area contributed by atoms with E-state index in [4.69, 9.17) is 0 Å². The summed E-state index contributed by atoms with van der Waals surface area (Å²) < 4.78 is 2.83. The van der Waals surface area contributed by atoms with Gasteiger partial charge in [0.1, 0.15) is 12.1 Å². The highest BCUT2D eigenvalue weighted by molar-refractivity contribution is 5.66. The minimum absolute atomic E-state index is 0.267. The zero-order chi connectivity index (χ0) is 26.9. The average Bonchev–Trinajstić information content (AvgIpc) is 3.24. The van der Waals surface area contributed by atoms with Crippen LogP contribution in [0.4, 0.5) is 16.2 Å². The first-order valence-corrected chi connectivity index (χ1v) is 12.5. The Kier molecular flexibility index (Phi) is 7.20. The summed E-state index contributed by atoms with van der Waals surface area (Å²) in [4.78, 5) is 31.1. The summed E-state index contributed by atoms with van der Waals surface area (Å²) in [6.07, 6.45) is 0.456. The molecule has 0 bridgehead atoms. The number of piperazine rings is 1. The number of anilines is 2. The van der Waals surface area contributed by atoms with Crippen molar-refractivity contribution >= 4 is 17.5 Å². The molecule has 2 heterocycles. The Morgan fingerprint density at radius 3 is 1.81 bits per heavy atom. The molecule has 1 aromatic heterocycles. The van der Waals surface area contributed by atoms with E-state index in [1.54, 1.807) is 19.1 Å². The zero-order valence-corrected chi connectivity index (χ0v) is 22.1. The number of hydrogen-bond acceptors (Lipinski definition) is 6. The van der Waals surface area contributed by atoms with Crippen molar-refractivity contribution in [2.45, 2.75) is 52.2 Å². The number of benzene rings is 2. The lowest BCUT2D eigenvalue weighted by atomic mass is 10.0. The van der Waals surface area contributed by atoms with Crippen molar-refractivity contribution in [2.24, 2.45) is 0 Å². The molecule has 0 unspecified atom stereocenters. The fourth-order valence-electron chi connectivity index (χ4n) is 4.98. The van der Waals surface area contributed by atoms with Crippen LogP contribution in [-0.2, 0) is 0 Å². The first kappa shape index (κ1) is 26.1. The Hall–Kier alpha value is -3.95. The van der Waals surface area contributed by atoms with Gasteiger partial charge in [-0.1, -0.05) is 0 Å². The van der Waals surface area contributed by atoms with Crippen molar-refractivity contribution in [1.29, 1.82) is 0 Å². The minimum Gasteiger partial charge on any atom is -0.508 e. The number of amides is 1. The summed E-state index contributed by atoms with van der Waals surface area (Å²) in [5, 5.41) is 23.6. The van der Waals surface area contributed by atoms with Gasteiger partial charge in [0.2, 0.25) is 0 Å². The molecule has 0 radical (unpaired) electrons. The van der Waals surface area contributed by atoms with Gasteiger partial charge in [-0.2, -0.15) is 5.10 Å². The third kappa shape index (κ3) is 5.42. The maximum Gasteiger partial charge on any atom is 0.408 e. The van der Waals surface area contributed by atoms with Gasteiger partial charge in [0.05, 0.1) is 17.8 Å². The quantitative estimate of drug-likeness (QED) is 0.522. The fraction of sp³-hybridized carbons (Fsp3) is 0.444. The third-order valence-electron chi connectivity index (χ3n) is 7.10. The van der Waals surface area contributed by atoms with Crippen LogP contribution < -0.4 is 15.5 Å². The van der Waals surface area contributed by atoms with Crippen molar-refractivity contribution < 1.29 is 15.0 Å². The summed E-state index contributed by atoms with van der Waals surface area (Å²) >= 11 is 0. The van der Waals surface area contributed by atoms with Gasteiger partial charge >= 0.3 is 11.8 Å². The lowest BCUT2D eigenvalue weighted by molar-refractivity contribution is 0.0573. The van der Waals surface area contributed by atoms with E-state index in [1.807, 2.05) is 64.1 Å². The maximum atomic E-state index is 13.2. The minimum atomic E-state index is -1.03. The van der Waals surface area contributed by atoms with Crippen LogP contribution in [0.15, 0.2) is 59.7 Å². The Labute approximate surface area is 217 Å². The van der Waals surface area contributed by atoms with Crippen LogP contribution >= 0.6 is 0 Å².